The maximum atomic E-state index is 12.1. The fourth-order valence-electron chi connectivity index (χ4n) is 1.85. The standard InChI is InChI=1S/C16H17ClN2O2/c1-3-21-13-9-7-12(8-10-13)16(20)19-18-15-11(2)5-4-6-14(15)17/h4-10,18H,3H2,1-2H3,(H,19,20). The molecule has 0 fully saturated rings. The van der Waals surface area contributed by atoms with Gasteiger partial charge in [-0.1, -0.05) is 23.7 Å². The number of hydrazine groups is 1. The first kappa shape index (κ1) is 15.2. The first-order valence-electron chi connectivity index (χ1n) is 6.66. The molecule has 0 spiro atoms. The average Bonchev–Trinajstić information content (AvgIpc) is 2.47. The van der Waals surface area contributed by atoms with Gasteiger partial charge in [0.25, 0.3) is 5.91 Å². The highest BCUT2D eigenvalue weighted by Crippen LogP contribution is 2.24. The molecule has 0 unspecified atom stereocenters. The first-order valence-corrected chi connectivity index (χ1v) is 7.04. The van der Waals surface area contributed by atoms with Crippen LogP contribution in [0.3, 0.4) is 0 Å². The van der Waals surface area contributed by atoms with Crippen LogP contribution < -0.4 is 15.6 Å². The molecule has 0 aliphatic carbocycles. The summed E-state index contributed by atoms with van der Waals surface area (Å²) in [5.74, 6) is 0.501. The molecule has 1 amide bonds. The molecule has 110 valence electrons. The molecule has 0 bridgehead atoms. The Bertz CT molecular complexity index is 606. The van der Waals surface area contributed by atoms with Gasteiger partial charge in [0.05, 0.1) is 17.3 Å². The summed E-state index contributed by atoms with van der Waals surface area (Å²) in [6, 6.07) is 12.5. The SMILES string of the molecule is CCOc1ccc(C(=O)NNc2c(C)cccc2Cl)cc1. The summed E-state index contributed by atoms with van der Waals surface area (Å²) < 4.78 is 5.34. The van der Waals surface area contributed by atoms with Crippen molar-refractivity contribution in [2.75, 3.05) is 12.0 Å². The molecule has 0 saturated carbocycles. The lowest BCUT2D eigenvalue weighted by Gasteiger charge is -2.12. The minimum absolute atomic E-state index is 0.239. The van der Waals surface area contributed by atoms with E-state index in [0.717, 1.165) is 11.3 Å². The van der Waals surface area contributed by atoms with E-state index in [0.29, 0.717) is 22.9 Å². The van der Waals surface area contributed by atoms with Crippen LogP contribution in [0.1, 0.15) is 22.8 Å². The third-order valence-electron chi connectivity index (χ3n) is 2.95. The summed E-state index contributed by atoms with van der Waals surface area (Å²) >= 11 is 6.08. The number of rotatable bonds is 5. The molecule has 0 aromatic heterocycles. The molecule has 2 rings (SSSR count). The predicted octanol–water partition coefficient (Wildman–Crippen LogP) is 3.80. The fraction of sp³-hybridized carbons (Fsp3) is 0.188. The molecule has 2 aromatic rings. The first-order chi connectivity index (χ1) is 10.1. The van der Waals surface area contributed by atoms with Crippen LogP contribution in [-0.4, -0.2) is 12.5 Å². The largest absolute Gasteiger partial charge is 0.494 e. The van der Waals surface area contributed by atoms with E-state index in [9.17, 15) is 4.79 Å². The topological polar surface area (TPSA) is 50.4 Å². The van der Waals surface area contributed by atoms with Crippen molar-refractivity contribution in [3.05, 3.63) is 58.6 Å². The Morgan fingerprint density at radius 2 is 1.90 bits per heavy atom. The highest BCUT2D eigenvalue weighted by molar-refractivity contribution is 6.33. The average molecular weight is 305 g/mol. The number of nitrogens with one attached hydrogen (secondary N) is 2. The molecule has 4 nitrogen and oxygen atoms in total. The Kier molecular flexibility index (Phi) is 5.06. The van der Waals surface area contributed by atoms with Gasteiger partial charge in [-0.2, -0.15) is 0 Å². The number of hydrogen-bond acceptors (Lipinski definition) is 3. The Morgan fingerprint density at radius 1 is 1.19 bits per heavy atom. The minimum Gasteiger partial charge on any atom is -0.494 e. The van der Waals surface area contributed by atoms with Crippen molar-refractivity contribution >= 4 is 23.2 Å². The van der Waals surface area contributed by atoms with Crippen LogP contribution >= 0.6 is 11.6 Å². The third kappa shape index (κ3) is 3.89. The van der Waals surface area contributed by atoms with E-state index >= 15 is 0 Å². The third-order valence-corrected chi connectivity index (χ3v) is 3.27. The molecule has 2 N–H and O–H groups in total. The smallest absolute Gasteiger partial charge is 0.269 e. The van der Waals surface area contributed by atoms with Gasteiger partial charge in [-0.25, -0.2) is 0 Å². The van der Waals surface area contributed by atoms with Gasteiger partial charge < -0.3 is 4.74 Å². The van der Waals surface area contributed by atoms with E-state index in [4.69, 9.17) is 16.3 Å². The summed E-state index contributed by atoms with van der Waals surface area (Å²) in [7, 11) is 0. The highest BCUT2D eigenvalue weighted by atomic mass is 35.5. The number of aryl methyl sites for hydroxylation is 1. The zero-order chi connectivity index (χ0) is 15.2. The van der Waals surface area contributed by atoms with Crippen molar-refractivity contribution in [3.63, 3.8) is 0 Å². The van der Waals surface area contributed by atoms with Crippen LogP contribution in [0.15, 0.2) is 42.5 Å². The summed E-state index contributed by atoms with van der Waals surface area (Å²) in [5, 5.41) is 0.557. The molecular weight excluding hydrogens is 288 g/mol. The predicted molar refractivity (Wildman–Crippen MR) is 84.9 cm³/mol. The van der Waals surface area contributed by atoms with Crippen LogP contribution in [0.2, 0.25) is 5.02 Å². The van der Waals surface area contributed by atoms with Crippen molar-refractivity contribution < 1.29 is 9.53 Å². The maximum absolute atomic E-state index is 12.1. The quantitative estimate of drug-likeness (QED) is 0.826. The lowest BCUT2D eigenvalue weighted by molar-refractivity contribution is 0.0962. The molecule has 2 aromatic carbocycles. The van der Waals surface area contributed by atoms with Crippen molar-refractivity contribution in [1.29, 1.82) is 0 Å². The van der Waals surface area contributed by atoms with Crippen molar-refractivity contribution in [2.24, 2.45) is 0 Å². The Morgan fingerprint density at radius 3 is 2.52 bits per heavy atom. The van der Waals surface area contributed by atoms with Crippen LogP contribution in [-0.2, 0) is 0 Å². The Balaban J connectivity index is 2.01. The summed E-state index contributed by atoms with van der Waals surface area (Å²) in [5.41, 5.74) is 7.67. The fourth-order valence-corrected chi connectivity index (χ4v) is 2.12. The molecule has 0 saturated heterocycles. The van der Waals surface area contributed by atoms with Gasteiger partial charge in [0, 0.05) is 5.56 Å². The van der Waals surface area contributed by atoms with Crippen LogP contribution in [0.25, 0.3) is 0 Å². The number of anilines is 1. The molecule has 0 heterocycles. The maximum Gasteiger partial charge on any atom is 0.269 e. The number of amides is 1. The van der Waals surface area contributed by atoms with Gasteiger partial charge in [0.1, 0.15) is 5.75 Å². The van der Waals surface area contributed by atoms with E-state index < -0.39 is 0 Å². The van der Waals surface area contributed by atoms with Gasteiger partial charge in [-0.05, 0) is 49.7 Å². The molecule has 0 atom stereocenters. The Hall–Kier alpha value is -2.20. The van der Waals surface area contributed by atoms with E-state index in [2.05, 4.69) is 10.9 Å². The normalized spacial score (nSPS) is 10.0. The lowest BCUT2D eigenvalue weighted by atomic mass is 10.2. The van der Waals surface area contributed by atoms with Crippen LogP contribution in [0, 0.1) is 6.92 Å². The zero-order valence-corrected chi connectivity index (χ0v) is 12.7. The van der Waals surface area contributed by atoms with Gasteiger partial charge in [-0.15, -0.1) is 0 Å². The van der Waals surface area contributed by atoms with E-state index in [1.165, 1.54) is 0 Å². The van der Waals surface area contributed by atoms with E-state index in [1.807, 2.05) is 26.0 Å². The zero-order valence-electron chi connectivity index (χ0n) is 11.9. The van der Waals surface area contributed by atoms with E-state index in [-0.39, 0.29) is 5.91 Å². The summed E-state index contributed by atoms with van der Waals surface area (Å²) in [6.45, 7) is 4.42. The van der Waals surface area contributed by atoms with Gasteiger partial charge in [0.2, 0.25) is 0 Å². The molecule has 0 aliphatic heterocycles. The number of hydrogen-bond donors (Lipinski definition) is 2. The van der Waals surface area contributed by atoms with E-state index in [1.54, 1.807) is 30.3 Å². The van der Waals surface area contributed by atoms with Gasteiger partial charge in [-0.3, -0.25) is 15.6 Å². The number of carbonyl (C=O) groups excluding carboxylic acids is 1. The molecule has 21 heavy (non-hydrogen) atoms. The van der Waals surface area contributed by atoms with Crippen molar-refractivity contribution in [2.45, 2.75) is 13.8 Å². The van der Waals surface area contributed by atoms with Gasteiger partial charge in [0.15, 0.2) is 0 Å². The monoisotopic (exact) mass is 304 g/mol. The second-order valence-electron chi connectivity index (χ2n) is 4.47. The van der Waals surface area contributed by atoms with Crippen molar-refractivity contribution in [1.82, 2.24) is 5.43 Å². The number of ether oxygens (including phenoxy) is 1. The molecule has 0 radical (unpaired) electrons. The minimum atomic E-state index is -0.239. The second-order valence-corrected chi connectivity index (χ2v) is 4.88. The number of carbonyl (C=O) groups is 1. The number of halogens is 1. The summed E-state index contributed by atoms with van der Waals surface area (Å²) in [4.78, 5) is 12.1. The summed E-state index contributed by atoms with van der Waals surface area (Å²) in [6.07, 6.45) is 0. The van der Waals surface area contributed by atoms with Crippen LogP contribution in [0.5, 0.6) is 5.75 Å². The van der Waals surface area contributed by atoms with Crippen LogP contribution in [0.4, 0.5) is 5.69 Å². The molecule has 0 aliphatic rings. The molecular formula is C16H17ClN2O2. The number of benzene rings is 2. The Labute approximate surface area is 129 Å². The molecule has 5 heteroatoms. The van der Waals surface area contributed by atoms with Gasteiger partial charge >= 0.3 is 0 Å². The van der Waals surface area contributed by atoms with Crippen molar-refractivity contribution in [3.8, 4) is 5.75 Å². The highest BCUT2D eigenvalue weighted by Gasteiger charge is 2.08. The lowest BCUT2D eigenvalue weighted by Crippen LogP contribution is -2.29. The number of para-hydroxylation sites is 1. The second kappa shape index (κ2) is 6.99.